The summed E-state index contributed by atoms with van der Waals surface area (Å²) in [6.45, 7) is 2.53. The van der Waals surface area contributed by atoms with Gasteiger partial charge in [0.15, 0.2) is 0 Å². The van der Waals surface area contributed by atoms with Crippen LogP contribution in [-0.4, -0.2) is 22.5 Å². The van der Waals surface area contributed by atoms with Gasteiger partial charge in [0.2, 0.25) is 0 Å². The average Bonchev–Trinajstić information content (AvgIpc) is 2.99. The minimum Gasteiger partial charge on any atom is -0.462 e. The number of fused-ring (bicyclic) bond motifs is 1. The third-order valence-corrected chi connectivity index (χ3v) is 4.30. The lowest BCUT2D eigenvalue weighted by Gasteiger charge is -2.03. The van der Waals surface area contributed by atoms with Gasteiger partial charge in [-0.05, 0) is 36.8 Å². The van der Waals surface area contributed by atoms with Gasteiger partial charge in [-0.2, -0.15) is 0 Å². The highest BCUT2D eigenvalue weighted by molar-refractivity contribution is 7.21. The van der Waals surface area contributed by atoms with Crippen molar-refractivity contribution in [2.24, 2.45) is 0 Å². The van der Waals surface area contributed by atoms with Crippen molar-refractivity contribution in [2.45, 2.75) is 19.8 Å². The molecule has 0 spiro atoms. The Labute approximate surface area is 132 Å². The molecule has 112 valence electrons. The summed E-state index contributed by atoms with van der Waals surface area (Å²) >= 11 is 1.57. The van der Waals surface area contributed by atoms with E-state index in [4.69, 9.17) is 4.74 Å². The van der Waals surface area contributed by atoms with E-state index in [1.807, 2.05) is 24.3 Å². The molecule has 0 amide bonds. The lowest BCUT2D eigenvalue weighted by atomic mass is 10.2. The predicted molar refractivity (Wildman–Crippen MR) is 88.0 cm³/mol. The maximum Gasteiger partial charge on any atom is 0.338 e. The number of ether oxygens (including phenoxy) is 1. The number of carbonyl (C=O) groups is 1. The highest BCUT2D eigenvalue weighted by Crippen LogP contribution is 2.29. The summed E-state index contributed by atoms with van der Waals surface area (Å²) in [5.41, 5.74) is 2.19. The summed E-state index contributed by atoms with van der Waals surface area (Å²) in [7, 11) is 0. The number of unbranched alkanes of at least 4 members (excludes halogenated alkanes) is 1. The zero-order valence-corrected chi connectivity index (χ0v) is 13.1. The van der Waals surface area contributed by atoms with E-state index in [0.717, 1.165) is 33.8 Å². The van der Waals surface area contributed by atoms with E-state index in [9.17, 15) is 4.79 Å². The largest absolute Gasteiger partial charge is 0.462 e. The number of carbonyl (C=O) groups excluding carboxylic acids is 1. The minimum atomic E-state index is -0.289. The molecule has 0 saturated heterocycles. The molecular formula is C17H16N2O2S. The molecule has 0 atom stereocenters. The van der Waals surface area contributed by atoms with E-state index in [1.165, 1.54) is 0 Å². The number of thiazole rings is 1. The zero-order chi connectivity index (χ0) is 15.4. The summed E-state index contributed by atoms with van der Waals surface area (Å²) in [6, 6.07) is 11.2. The molecule has 0 aliphatic rings. The van der Waals surface area contributed by atoms with Crippen LogP contribution >= 0.6 is 11.3 Å². The molecule has 2 heterocycles. The molecule has 0 radical (unpaired) electrons. The van der Waals surface area contributed by atoms with Crippen molar-refractivity contribution in [1.82, 2.24) is 9.97 Å². The highest BCUT2D eigenvalue weighted by atomic mass is 32.1. The summed E-state index contributed by atoms with van der Waals surface area (Å²) in [4.78, 5) is 20.9. The Morgan fingerprint density at radius 2 is 2.18 bits per heavy atom. The van der Waals surface area contributed by atoms with E-state index >= 15 is 0 Å². The molecule has 0 saturated carbocycles. The Balaban J connectivity index is 1.86. The van der Waals surface area contributed by atoms with Crippen molar-refractivity contribution in [2.75, 3.05) is 6.61 Å². The van der Waals surface area contributed by atoms with E-state index in [2.05, 4.69) is 16.9 Å². The first kappa shape index (κ1) is 14.7. The van der Waals surface area contributed by atoms with Crippen LogP contribution in [0.2, 0.25) is 0 Å². The molecule has 5 heteroatoms. The van der Waals surface area contributed by atoms with E-state index < -0.39 is 0 Å². The van der Waals surface area contributed by atoms with Gasteiger partial charge in [0.05, 0.1) is 28.1 Å². The number of pyridine rings is 1. The maximum atomic E-state index is 12.0. The Kier molecular flexibility index (Phi) is 4.44. The predicted octanol–water partition coefficient (Wildman–Crippen LogP) is 4.32. The van der Waals surface area contributed by atoms with Crippen molar-refractivity contribution < 1.29 is 9.53 Å². The minimum absolute atomic E-state index is 0.289. The smallest absolute Gasteiger partial charge is 0.338 e. The van der Waals surface area contributed by atoms with Crippen LogP contribution in [0.25, 0.3) is 20.9 Å². The van der Waals surface area contributed by atoms with Gasteiger partial charge < -0.3 is 4.74 Å². The Morgan fingerprint density at radius 1 is 1.27 bits per heavy atom. The zero-order valence-electron chi connectivity index (χ0n) is 12.3. The molecule has 2 aromatic heterocycles. The molecule has 0 bridgehead atoms. The van der Waals surface area contributed by atoms with Crippen molar-refractivity contribution in [1.29, 1.82) is 0 Å². The molecule has 0 N–H and O–H groups in total. The van der Waals surface area contributed by atoms with Gasteiger partial charge in [0, 0.05) is 6.20 Å². The van der Waals surface area contributed by atoms with Crippen molar-refractivity contribution in [3.05, 3.63) is 48.2 Å². The number of benzene rings is 1. The van der Waals surface area contributed by atoms with Gasteiger partial charge in [0.25, 0.3) is 0 Å². The number of esters is 1. The van der Waals surface area contributed by atoms with Crippen molar-refractivity contribution >= 4 is 27.5 Å². The lowest BCUT2D eigenvalue weighted by Crippen LogP contribution is -2.06. The second-order valence-electron chi connectivity index (χ2n) is 4.91. The Morgan fingerprint density at radius 3 is 2.95 bits per heavy atom. The summed E-state index contributed by atoms with van der Waals surface area (Å²) in [5.74, 6) is -0.289. The molecule has 4 nitrogen and oxygen atoms in total. The van der Waals surface area contributed by atoms with Crippen LogP contribution in [0, 0.1) is 0 Å². The first-order valence-electron chi connectivity index (χ1n) is 7.27. The molecule has 0 fully saturated rings. The van der Waals surface area contributed by atoms with Crippen LogP contribution in [0.15, 0.2) is 42.6 Å². The molecule has 3 aromatic rings. The normalized spacial score (nSPS) is 10.8. The van der Waals surface area contributed by atoms with Gasteiger partial charge in [0.1, 0.15) is 5.01 Å². The van der Waals surface area contributed by atoms with Gasteiger partial charge in [-0.15, -0.1) is 11.3 Å². The second kappa shape index (κ2) is 6.66. The SMILES string of the molecule is CCCCOC(=O)c1ccc2sc(-c3ccccn3)nc2c1. The van der Waals surface area contributed by atoms with Gasteiger partial charge >= 0.3 is 5.97 Å². The molecular weight excluding hydrogens is 296 g/mol. The average molecular weight is 312 g/mol. The van der Waals surface area contributed by atoms with Crippen LogP contribution in [0.4, 0.5) is 0 Å². The van der Waals surface area contributed by atoms with Gasteiger partial charge in [-0.1, -0.05) is 19.4 Å². The van der Waals surface area contributed by atoms with Crippen LogP contribution in [0.3, 0.4) is 0 Å². The van der Waals surface area contributed by atoms with Crippen LogP contribution in [0.5, 0.6) is 0 Å². The molecule has 22 heavy (non-hydrogen) atoms. The summed E-state index contributed by atoms with van der Waals surface area (Å²) in [6.07, 6.45) is 3.64. The van der Waals surface area contributed by atoms with Crippen molar-refractivity contribution in [3.63, 3.8) is 0 Å². The number of hydrogen-bond donors (Lipinski definition) is 0. The Bertz CT molecular complexity index is 784. The summed E-state index contributed by atoms with van der Waals surface area (Å²) < 4.78 is 6.27. The fraction of sp³-hybridized carbons (Fsp3) is 0.235. The number of aromatic nitrogens is 2. The lowest BCUT2D eigenvalue weighted by molar-refractivity contribution is 0.0500. The molecule has 0 aliphatic carbocycles. The number of nitrogens with zero attached hydrogens (tertiary/aromatic N) is 2. The molecule has 0 unspecified atom stereocenters. The molecule has 1 aromatic carbocycles. The van der Waals surface area contributed by atoms with Gasteiger partial charge in [-0.3, -0.25) is 4.98 Å². The fourth-order valence-electron chi connectivity index (χ4n) is 2.05. The van der Waals surface area contributed by atoms with Crippen LogP contribution < -0.4 is 0 Å². The standard InChI is InChI=1S/C17H16N2O2S/c1-2-3-10-21-17(20)12-7-8-15-14(11-12)19-16(22-15)13-6-4-5-9-18-13/h4-9,11H,2-3,10H2,1H3. The third kappa shape index (κ3) is 3.14. The topological polar surface area (TPSA) is 52.1 Å². The maximum absolute atomic E-state index is 12.0. The molecule has 0 aliphatic heterocycles. The van der Waals surface area contributed by atoms with E-state index in [0.29, 0.717) is 12.2 Å². The summed E-state index contributed by atoms with van der Waals surface area (Å²) in [5, 5.41) is 0.854. The number of rotatable bonds is 5. The monoisotopic (exact) mass is 312 g/mol. The van der Waals surface area contributed by atoms with Crippen molar-refractivity contribution in [3.8, 4) is 10.7 Å². The highest BCUT2D eigenvalue weighted by Gasteiger charge is 2.11. The number of hydrogen-bond acceptors (Lipinski definition) is 5. The fourth-order valence-corrected chi connectivity index (χ4v) is 2.97. The van der Waals surface area contributed by atoms with E-state index in [-0.39, 0.29) is 5.97 Å². The molecule has 3 rings (SSSR count). The third-order valence-electron chi connectivity index (χ3n) is 3.24. The second-order valence-corrected chi connectivity index (χ2v) is 5.94. The first-order chi connectivity index (χ1) is 10.8. The van der Waals surface area contributed by atoms with Gasteiger partial charge in [-0.25, -0.2) is 9.78 Å². The first-order valence-corrected chi connectivity index (χ1v) is 8.08. The Hall–Kier alpha value is -2.27. The quantitative estimate of drug-likeness (QED) is 0.520. The van der Waals surface area contributed by atoms with Crippen LogP contribution in [0.1, 0.15) is 30.1 Å². The van der Waals surface area contributed by atoms with Crippen LogP contribution in [-0.2, 0) is 4.74 Å². The van der Waals surface area contributed by atoms with E-state index in [1.54, 1.807) is 29.7 Å².